The first-order chi connectivity index (χ1) is 7.95. The van der Waals surface area contributed by atoms with E-state index in [9.17, 15) is 18.1 Å². The Balaban J connectivity index is 2.57. The fourth-order valence-corrected chi connectivity index (χ4v) is 2.79. The minimum absolute atomic E-state index is 0.125. The molecule has 1 N–H and O–H groups in total. The van der Waals surface area contributed by atoms with Crippen LogP contribution >= 0.6 is 0 Å². The van der Waals surface area contributed by atoms with Gasteiger partial charge in [0.1, 0.15) is 0 Å². The van der Waals surface area contributed by atoms with Crippen molar-refractivity contribution in [2.75, 3.05) is 0 Å². The number of hydrogen-bond donors (Lipinski definition) is 1. The minimum Gasteiger partial charge on any atom is -0.295 e. The number of carbonyl (C=O) groups is 1. The Hall–Kier alpha value is -1.60. The van der Waals surface area contributed by atoms with Gasteiger partial charge in [-0.3, -0.25) is 9.35 Å². The molecule has 17 heavy (non-hydrogen) atoms. The molecule has 0 spiro atoms. The molecule has 2 unspecified atom stereocenters. The number of ketones is 1. The van der Waals surface area contributed by atoms with Crippen molar-refractivity contribution in [2.45, 2.75) is 17.7 Å². The lowest BCUT2D eigenvalue weighted by molar-refractivity contribution is -0.120. The van der Waals surface area contributed by atoms with E-state index in [-0.39, 0.29) is 6.42 Å². The summed E-state index contributed by atoms with van der Waals surface area (Å²) in [4.78, 5) is 22.4. The molecular formula is C10H9NO5S. The highest BCUT2D eigenvalue weighted by Crippen LogP contribution is 2.32. The molecule has 7 heteroatoms. The molecule has 0 bridgehead atoms. The molecule has 0 aromatic heterocycles. The van der Waals surface area contributed by atoms with E-state index in [0.717, 1.165) is 0 Å². The van der Waals surface area contributed by atoms with E-state index in [1.807, 2.05) is 0 Å². The fraction of sp³-hybridized carbons (Fsp3) is 0.300. The summed E-state index contributed by atoms with van der Waals surface area (Å²) >= 11 is 0. The van der Waals surface area contributed by atoms with Crippen LogP contribution in [0.3, 0.4) is 0 Å². The lowest BCUT2D eigenvalue weighted by atomic mass is 9.87. The van der Waals surface area contributed by atoms with Crippen LogP contribution in [-0.2, 0) is 21.3 Å². The number of nitrogens with zero attached hydrogens (tertiary/aromatic N) is 1. The first kappa shape index (κ1) is 11.9. The topological polar surface area (TPSA) is 101 Å². The van der Waals surface area contributed by atoms with Gasteiger partial charge in [-0.15, -0.1) is 4.91 Å². The van der Waals surface area contributed by atoms with Gasteiger partial charge in [-0.05, 0) is 17.5 Å². The third-order valence-corrected chi connectivity index (χ3v) is 3.92. The first-order valence-corrected chi connectivity index (χ1v) is 6.35. The molecule has 0 amide bonds. The third kappa shape index (κ3) is 1.98. The van der Waals surface area contributed by atoms with Crippen molar-refractivity contribution in [1.82, 2.24) is 0 Å². The summed E-state index contributed by atoms with van der Waals surface area (Å²) in [6.07, 6.45) is -0.125. The SMILES string of the molecule is O=NC1C(=O)C(S(=O)(=O)O)Cc2ccccc21. The summed E-state index contributed by atoms with van der Waals surface area (Å²) < 4.78 is 31.1. The van der Waals surface area contributed by atoms with Crippen molar-refractivity contribution in [1.29, 1.82) is 0 Å². The predicted molar refractivity (Wildman–Crippen MR) is 59.0 cm³/mol. The Morgan fingerprint density at radius 3 is 2.53 bits per heavy atom. The Kier molecular flexibility index (Phi) is 2.80. The van der Waals surface area contributed by atoms with Gasteiger partial charge >= 0.3 is 0 Å². The molecule has 1 aromatic carbocycles. The smallest absolute Gasteiger partial charge is 0.275 e. The van der Waals surface area contributed by atoms with Crippen LogP contribution in [0, 0.1) is 4.91 Å². The molecule has 0 radical (unpaired) electrons. The van der Waals surface area contributed by atoms with Crippen molar-refractivity contribution in [2.24, 2.45) is 5.18 Å². The largest absolute Gasteiger partial charge is 0.295 e. The quantitative estimate of drug-likeness (QED) is 0.624. The molecule has 0 saturated heterocycles. The molecule has 0 heterocycles. The number of fused-ring (bicyclic) bond motifs is 1. The number of rotatable bonds is 2. The van der Waals surface area contributed by atoms with Crippen LogP contribution in [0.5, 0.6) is 0 Å². The van der Waals surface area contributed by atoms with Gasteiger partial charge in [-0.2, -0.15) is 8.42 Å². The van der Waals surface area contributed by atoms with Gasteiger partial charge in [-0.1, -0.05) is 29.4 Å². The summed E-state index contributed by atoms with van der Waals surface area (Å²) in [5.74, 6) is -0.874. The zero-order chi connectivity index (χ0) is 12.6. The number of carbonyl (C=O) groups excluding carboxylic acids is 1. The second-order valence-electron chi connectivity index (χ2n) is 3.82. The predicted octanol–water partition coefficient (Wildman–Crippen LogP) is 0.876. The zero-order valence-corrected chi connectivity index (χ0v) is 9.42. The Bertz CT molecular complexity index is 580. The summed E-state index contributed by atoms with van der Waals surface area (Å²) in [7, 11) is -4.51. The van der Waals surface area contributed by atoms with Crippen molar-refractivity contribution in [3.63, 3.8) is 0 Å². The standard InChI is InChI=1S/C10H9NO5S/c12-10-8(17(14,15)16)5-6-3-1-2-4-7(6)9(10)11-13/h1-4,8-9H,5H2,(H,14,15,16). The van der Waals surface area contributed by atoms with E-state index in [2.05, 4.69) is 5.18 Å². The van der Waals surface area contributed by atoms with Crippen LogP contribution in [-0.4, -0.2) is 24.0 Å². The van der Waals surface area contributed by atoms with Crippen molar-refractivity contribution in [3.05, 3.63) is 40.3 Å². The summed E-state index contributed by atoms with van der Waals surface area (Å²) in [6, 6.07) is 5.11. The lowest BCUT2D eigenvalue weighted by Crippen LogP contribution is -2.39. The molecule has 6 nitrogen and oxygen atoms in total. The van der Waals surface area contributed by atoms with Crippen molar-refractivity contribution < 1.29 is 17.8 Å². The average molecular weight is 255 g/mol. The third-order valence-electron chi connectivity index (χ3n) is 2.81. The number of Topliss-reactive ketones (excluding diaryl/α,β-unsaturated/α-hetero) is 1. The van der Waals surface area contributed by atoms with Gasteiger partial charge in [0.15, 0.2) is 17.1 Å². The molecule has 2 atom stereocenters. The molecule has 1 aliphatic rings. The van der Waals surface area contributed by atoms with E-state index < -0.39 is 27.2 Å². The van der Waals surface area contributed by atoms with Crippen LogP contribution < -0.4 is 0 Å². The highest BCUT2D eigenvalue weighted by molar-refractivity contribution is 7.87. The second-order valence-corrected chi connectivity index (χ2v) is 5.42. The number of hydrogen-bond acceptors (Lipinski definition) is 5. The van der Waals surface area contributed by atoms with Crippen LogP contribution in [0.1, 0.15) is 17.2 Å². The summed E-state index contributed by atoms with van der Waals surface area (Å²) in [5, 5.41) is 1.06. The number of benzene rings is 1. The first-order valence-electron chi connectivity index (χ1n) is 4.85. The maximum atomic E-state index is 11.7. The van der Waals surface area contributed by atoms with Gasteiger partial charge < -0.3 is 0 Å². The molecule has 2 rings (SSSR count). The molecule has 0 fully saturated rings. The van der Waals surface area contributed by atoms with Gasteiger partial charge in [-0.25, -0.2) is 0 Å². The Morgan fingerprint density at radius 1 is 1.29 bits per heavy atom. The highest BCUT2D eigenvalue weighted by Gasteiger charge is 2.42. The zero-order valence-electron chi connectivity index (χ0n) is 8.61. The Morgan fingerprint density at radius 2 is 1.94 bits per heavy atom. The van der Waals surface area contributed by atoms with E-state index in [1.165, 1.54) is 0 Å². The molecule has 90 valence electrons. The van der Waals surface area contributed by atoms with Gasteiger partial charge in [0.05, 0.1) is 0 Å². The van der Waals surface area contributed by atoms with Gasteiger partial charge in [0.25, 0.3) is 10.1 Å². The van der Waals surface area contributed by atoms with E-state index in [4.69, 9.17) is 4.55 Å². The van der Waals surface area contributed by atoms with Gasteiger partial charge in [0, 0.05) is 0 Å². The normalized spacial score (nSPS) is 24.2. The molecule has 1 aromatic rings. The van der Waals surface area contributed by atoms with Crippen molar-refractivity contribution >= 4 is 15.9 Å². The molecular weight excluding hydrogens is 246 g/mol. The van der Waals surface area contributed by atoms with Crippen LogP contribution in [0.4, 0.5) is 0 Å². The maximum absolute atomic E-state index is 11.7. The fourth-order valence-electron chi connectivity index (χ4n) is 1.98. The highest BCUT2D eigenvalue weighted by atomic mass is 32.2. The monoisotopic (exact) mass is 255 g/mol. The average Bonchev–Trinajstić information content (AvgIpc) is 2.27. The molecule has 0 aliphatic heterocycles. The Labute approximate surface area is 97.4 Å². The maximum Gasteiger partial charge on any atom is 0.275 e. The number of nitroso groups, excluding NO2 is 1. The van der Waals surface area contributed by atoms with E-state index in [0.29, 0.717) is 11.1 Å². The van der Waals surface area contributed by atoms with Gasteiger partial charge in [0.2, 0.25) is 0 Å². The van der Waals surface area contributed by atoms with Crippen LogP contribution in [0.15, 0.2) is 29.4 Å². The summed E-state index contributed by atoms with van der Waals surface area (Å²) in [5.41, 5.74) is 0.951. The van der Waals surface area contributed by atoms with Crippen molar-refractivity contribution in [3.8, 4) is 0 Å². The molecule has 0 saturated carbocycles. The second kappa shape index (κ2) is 4.01. The minimum atomic E-state index is -4.51. The lowest BCUT2D eigenvalue weighted by Gasteiger charge is -2.24. The van der Waals surface area contributed by atoms with E-state index in [1.54, 1.807) is 24.3 Å². The summed E-state index contributed by atoms with van der Waals surface area (Å²) in [6.45, 7) is 0. The van der Waals surface area contributed by atoms with Crippen LogP contribution in [0.25, 0.3) is 0 Å². The van der Waals surface area contributed by atoms with Crippen LogP contribution in [0.2, 0.25) is 0 Å². The van der Waals surface area contributed by atoms with E-state index >= 15 is 0 Å². The molecule has 1 aliphatic carbocycles.